The predicted octanol–water partition coefficient (Wildman–Crippen LogP) is 3.58. The van der Waals surface area contributed by atoms with Crippen LogP contribution in [-0.4, -0.2) is 75.6 Å². The summed E-state index contributed by atoms with van der Waals surface area (Å²) >= 11 is 1.55. The highest BCUT2D eigenvalue weighted by Crippen LogP contribution is 2.66. The molecule has 2 N–H and O–H groups in total. The van der Waals surface area contributed by atoms with Crippen LogP contribution in [-0.2, 0) is 16.6 Å². The Kier molecular flexibility index (Phi) is 5.19. The highest BCUT2D eigenvalue weighted by atomic mass is 32.2. The molecule has 1 saturated heterocycles. The van der Waals surface area contributed by atoms with E-state index in [1.54, 1.807) is 17.8 Å². The highest BCUT2D eigenvalue weighted by molar-refractivity contribution is 8.00. The Bertz CT molecular complexity index is 1200. The molecule has 3 aliphatic carbocycles. The van der Waals surface area contributed by atoms with E-state index in [1.165, 1.54) is 18.4 Å². The maximum Gasteiger partial charge on any atom is 0.233 e. The number of piperidine rings is 1. The largest absolute Gasteiger partial charge is 0.504 e. The van der Waals surface area contributed by atoms with E-state index in [-0.39, 0.29) is 29.8 Å². The smallest absolute Gasteiger partial charge is 0.233 e. The predicted molar refractivity (Wildman–Crippen MR) is 139 cm³/mol. The van der Waals surface area contributed by atoms with E-state index in [1.807, 2.05) is 48.3 Å². The molecule has 0 radical (unpaired) electrons. The lowest BCUT2D eigenvalue weighted by atomic mass is 9.48. The number of thioether (sulfide) groups is 1. The number of rotatable bonds is 6. The fourth-order valence-corrected chi connectivity index (χ4v) is 8.64. The van der Waals surface area contributed by atoms with E-state index in [9.17, 15) is 15.0 Å². The van der Waals surface area contributed by atoms with Crippen LogP contribution < -0.4 is 4.74 Å². The van der Waals surface area contributed by atoms with Crippen LogP contribution in [0, 0.1) is 5.92 Å². The van der Waals surface area contributed by atoms with Gasteiger partial charge in [-0.05, 0) is 74.8 Å². The van der Waals surface area contributed by atoms with Crippen molar-refractivity contribution in [2.75, 3.05) is 25.9 Å². The molecule has 6 nitrogen and oxygen atoms in total. The molecule has 2 bridgehead atoms. The summed E-state index contributed by atoms with van der Waals surface area (Å²) in [4.78, 5) is 18.8. The normalized spacial score (nSPS) is 34.1. The molecule has 7 heteroatoms. The molecule has 5 aliphatic rings. The molecule has 1 amide bonds. The summed E-state index contributed by atoms with van der Waals surface area (Å²) in [6.07, 6.45) is 5.14. The summed E-state index contributed by atoms with van der Waals surface area (Å²) in [6.45, 7) is 1.99. The van der Waals surface area contributed by atoms with Crippen LogP contribution >= 0.6 is 11.8 Å². The van der Waals surface area contributed by atoms with Crippen LogP contribution in [0.25, 0.3) is 0 Å². The van der Waals surface area contributed by atoms with Crippen molar-refractivity contribution in [3.8, 4) is 11.5 Å². The summed E-state index contributed by atoms with van der Waals surface area (Å²) in [6, 6.07) is 13.7. The van der Waals surface area contributed by atoms with Gasteiger partial charge in [0.05, 0.1) is 22.8 Å². The molecule has 2 aromatic rings. The molecule has 2 aliphatic heterocycles. The molecular formula is C29H34N2O4S. The van der Waals surface area contributed by atoms with Crippen LogP contribution in [0.4, 0.5) is 0 Å². The van der Waals surface area contributed by atoms with Gasteiger partial charge in [-0.1, -0.05) is 24.3 Å². The van der Waals surface area contributed by atoms with Crippen LogP contribution in [0.1, 0.15) is 43.2 Å². The van der Waals surface area contributed by atoms with Gasteiger partial charge in [-0.2, -0.15) is 0 Å². The molecule has 36 heavy (non-hydrogen) atoms. The molecule has 2 aromatic carbocycles. The molecule has 190 valence electrons. The topological polar surface area (TPSA) is 73.2 Å². The zero-order valence-electron chi connectivity index (χ0n) is 20.7. The number of likely N-dealkylation sites (N-methyl/N-ethyl adjacent to an activating group) is 1. The van der Waals surface area contributed by atoms with E-state index in [0.29, 0.717) is 24.3 Å². The first-order valence-corrected chi connectivity index (χ1v) is 14.3. The Morgan fingerprint density at radius 1 is 1.17 bits per heavy atom. The quantitative estimate of drug-likeness (QED) is 0.584. The first-order chi connectivity index (χ1) is 17.4. The molecule has 2 heterocycles. The second-order valence-corrected chi connectivity index (χ2v) is 12.6. The van der Waals surface area contributed by atoms with Crippen molar-refractivity contribution in [1.82, 2.24) is 9.80 Å². The molecule has 1 spiro atoms. The standard InChI is InChI=1S/C29H34N2O4S/c1-30(24(33)17-36-20-5-3-2-4-6-20)21-11-12-29(34)23-15-19-9-10-22(32)26-25(19)28(29,27(21)35-26)13-14-31(23)16-18-7-8-18/h2-6,9-10,18,21,23,27,32,34H,7-8,11-17H2,1H3/t21-,23+,27-,28-,29+/m0/s1. The molecule has 7 rings (SSSR count). The Balaban J connectivity index is 1.23. The number of aliphatic hydroxyl groups is 1. The number of aromatic hydroxyl groups is 1. The fourth-order valence-electron chi connectivity index (χ4n) is 7.80. The first-order valence-electron chi connectivity index (χ1n) is 13.3. The Morgan fingerprint density at radius 3 is 2.75 bits per heavy atom. The minimum Gasteiger partial charge on any atom is -0.504 e. The minimum atomic E-state index is -0.921. The fraction of sp³-hybridized carbons (Fsp3) is 0.552. The van der Waals surface area contributed by atoms with Crippen molar-refractivity contribution in [3.05, 3.63) is 53.6 Å². The molecule has 0 aromatic heterocycles. The number of carbonyl (C=O) groups is 1. The number of hydrogen-bond donors (Lipinski definition) is 2. The minimum absolute atomic E-state index is 0.0523. The molecule has 5 atom stereocenters. The number of hydrogen-bond acceptors (Lipinski definition) is 6. The number of phenolic OH excluding ortho intramolecular Hbond substituents is 1. The van der Waals surface area contributed by atoms with Gasteiger partial charge >= 0.3 is 0 Å². The number of likely N-dealkylation sites (tertiary alicyclic amines) is 1. The Morgan fingerprint density at radius 2 is 1.97 bits per heavy atom. The molecule has 2 saturated carbocycles. The van der Waals surface area contributed by atoms with E-state index < -0.39 is 11.0 Å². The lowest BCUT2D eigenvalue weighted by Crippen LogP contribution is -2.78. The van der Waals surface area contributed by atoms with Gasteiger partial charge in [-0.25, -0.2) is 0 Å². The first kappa shape index (κ1) is 22.9. The summed E-state index contributed by atoms with van der Waals surface area (Å²) in [7, 11) is 1.88. The van der Waals surface area contributed by atoms with E-state index >= 15 is 0 Å². The maximum absolute atomic E-state index is 13.4. The van der Waals surface area contributed by atoms with Crippen LogP contribution in [0.3, 0.4) is 0 Å². The Hall–Kier alpha value is -2.22. The van der Waals surface area contributed by atoms with Gasteiger partial charge in [0.2, 0.25) is 5.91 Å². The summed E-state index contributed by atoms with van der Waals surface area (Å²) in [5.74, 6) is 1.88. The zero-order valence-corrected chi connectivity index (χ0v) is 21.5. The van der Waals surface area contributed by atoms with Crippen molar-refractivity contribution in [3.63, 3.8) is 0 Å². The van der Waals surface area contributed by atoms with Crippen LogP contribution in [0.5, 0.6) is 11.5 Å². The third-order valence-electron chi connectivity index (χ3n) is 9.73. The lowest BCUT2D eigenvalue weighted by Gasteiger charge is -2.64. The number of amides is 1. The van der Waals surface area contributed by atoms with Gasteiger partial charge < -0.3 is 19.8 Å². The second-order valence-electron chi connectivity index (χ2n) is 11.5. The second kappa shape index (κ2) is 8.14. The van der Waals surface area contributed by atoms with Gasteiger partial charge in [0, 0.05) is 30.1 Å². The maximum atomic E-state index is 13.4. The van der Waals surface area contributed by atoms with Crippen molar-refractivity contribution in [2.45, 2.75) is 72.6 Å². The number of nitrogens with zero attached hydrogens (tertiary/aromatic N) is 2. The molecule has 3 fully saturated rings. The van der Waals surface area contributed by atoms with Gasteiger partial charge in [0.1, 0.15) is 6.10 Å². The van der Waals surface area contributed by atoms with Crippen molar-refractivity contribution in [1.29, 1.82) is 0 Å². The van der Waals surface area contributed by atoms with E-state index in [2.05, 4.69) is 4.90 Å². The monoisotopic (exact) mass is 506 g/mol. The lowest BCUT2D eigenvalue weighted by molar-refractivity contribution is -0.200. The SMILES string of the molecule is CN(C(=O)CSc1ccccc1)[C@H]1CC[C@@]2(O)[C@H]3Cc4ccc(O)c5c4[C@@]2(CCN3CC2CC2)[C@H]1O5. The zero-order chi connectivity index (χ0) is 24.7. The third kappa shape index (κ3) is 3.15. The van der Waals surface area contributed by atoms with Crippen molar-refractivity contribution in [2.24, 2.45) is 5.92 Å². The third-order valence-corrected chi connectivity index (χ3v) is 10.7. The summed E-state index contributed by atoms with van der Waals surface area (Å²) in [5.41, 5.74) is 0.690. The number of phenols is 1. The van der Waals surface area contributed by atoms with E-state index in [4.69, 9.17) is 4.74 Å². The molecular weight excluding hydrogens is 472 g/mol. The van der Waals surface area contributed by atoms with E-state index in [0.717, 1.165) is 42.3 Å². The number of benzene rings is 2. The number of carbonyl (C=O) groups excluding carboxylic acids is 1. The van der Waals surface area contributed by atoms with Gasteiger partial charge in [-0.15, -0.1) is 11.8 Å². The van der Waals surface area contributed by atoms with Gasteiger partial charge in [-0.3, -0.25) is 9.69 Å². The van der Waals surface area contributed by atoms with Crippen LogP contribution in [0.2, 0.25) is 0 Å². The van der Waals surface area contributed by atoms with Crippen LogP contribution in [0.15, 0.2) is 47.4 Å². The highest BCUT2D eigenvalue weighted by Gasteiger charge is 2.73. The summed E-state index contributed by atoms with van der Waals surface area (Å²) in [5, 5.41) is 23.4. The molecule has 0 unspecified atom stereocenters. The average molecular weight is 507 g/mol. The Labute approximate surface area is 216 Å². The van der Waals surface area contributed by atoms with Crippen molar-refractivity contribution >= 4 is 17.7 Å². The summed E-state index contributed by atoms with van der Waals surface area (Å²) < 4.78 is 6.62. The van der Waals surface area contributed by atoms with Crippen molar-refractivity contribution < 1.29 is 19.7 Å². The average Bonchev–Trinajstić information content (AvgIpc) is 3.63. The number of ether oxygens (including phenoxy) is 1. The van der Waals surface area contributed by atoms with Gasteiger partial charge in [0.25, 0.3) is 0 Å². The van der Waals surface area contributed by atoms with Gasteiger partial charge in [0.15, 0.2) is 11.5 Å².